The van der Waals surface area contributed by atoms with Gasteiger partial charge in [-0.05, 0) is 24.3 Å². The largest absolute Gasteiger partial charge is 0.508 e. The van der Waals surface area contributed by atoms with Gasteiger partial charge in [-0.15, -0.1) is 0 Å². The number of anilines is 1. The lowest BCUT2D eigenvalue weighted by Crippen LogP contribution is -2.11. The predicted molar refractivity (Wildman–Crippen MR) is 65.6 cm³/mol. The Morgan fingerprint density at radius 2 is 2.00 bits per heavy atom. The van der Waals surface area contributed by atoms with Crippen LogP contribution in [0.4, 0.5) is 5.95 Å². The molecule has 7 nitrogen and oxygen atoms in total. The van der Waals surface area contributed by atoms with E-state index in [4.69, 9.17) is 5.73 Å². The first-order chi connectivity index (χ1) is 8.65. The summed E-state index contributed by atoms with van der Waals surface area (Å²) in [4.78, 5) is 22.0. The summed E-state index contributed by atoms with van der Waals surface area (Å²) >= 11 is 0. The first kappa shape index (κ1) is 10.3. The predicted octanol–water partition coefficient (Wildman–Crippen LogP) is 0.397. The average Bonchev–Trinajstić information content (AvgIpc) is 2.74. The van der Waals surface area contributed by atoms with E-state index >= 15 is 0 Å². The number of phenols is 1. The number of hydrogen-bond acceptors (Lipinski definition) is 5. The summed E-state index contributed by atoms with van der Waals surface area (Å²) in [6, 6.07) is 6.46. The molecule has 4 N–H and O–H groups in total. The fourth-order valence-electron chi connectivity index (χ4n) is 1.73. The molecule has 0 amide bonds. The van der Waals surface area contributed by atoms with Crippen molar-refractivity contribution in [1.82, 2.24) is 19.5 Å². The number of nitrogens with one attached hydrogen (secondary N) is 1. The maximum absolute atomic E-state index is 11.6. The summed E-state index contributed by atoms with van der Waals surface area (Å²) in [7, 11) is 0. The molecule has 0 saturated carbocycles. The van der Waals surface area contributed by atoms with Crippen LogP contribution in [0, 0.1) is 0 Å². The number of nitrogen functional groups attached to an aromatic ring is 1. The molecule has 2 aromatic heterocycles. The molecule has 90 valence electrons. The van der Waals surface area contributed by atoms with Crippen molar-refractivity contribution in [2.24, 2.45) is 0 Å². The molecule has 0 fully saturated rings. The van der Waals surface area contributed by atoms with Gasteiger partial charge in [-0.1, -0.05) is 0 Å². The third-order valence-electron chi connectivity index (χ3n) is 2.55. The first-order valence-electron chi connectivity index (χ1n) is 5.17. The van der Waals surface area contributed by atoms with Crippen LogP contribution in [0.15, 0.2) is 35.4 Å². The highest BCUT2D eigenvalue weighted by Gasteiger charge is 2.10. The summed E-state index contributed by atoms with van der Waals surface area (Å²) in [6.07, 6.45) is 1.48. The Kier molecular flexibility index (Phi) is 2.06. The minimum Gasteiger partial charge on any atom is -0.508 e. The van der Waals surface area contributed by atoms with Gasteiger partial charge in [0.15, 0.2) is 11.2 Å². The molecule has 0 aliphatic carbocycles. The fourth-order valence-corrected chi connectivity index (χ4v) is 1.73. The molecule has 0 saturated heterocycles. The Bertz CT molecular complexity index is 772. The molecule has 0 bridgehead atoms. The van der Waals surface area contributed by atoms with Crippen molar-refractivity contribution in [3.8, 4) is 11.4 Å². The van der Waals surface area contributed by atoms with Crippen LogP contribution in [0.5, 0.6) is 5.75 Å². The van der Waals surface area contributed by atoms with Gasteiger partial charge in [0.2, 0.25) is 5.95 Å². The number of benzene rings is 1. The zero-order chi connectivity index (χ0) is 12.7. The van der Waals surface area contributed by atoms with Gasteiger partial charge in [0.1, 0.15) is 12.1 Å². The highest BCUT2D eigenvalue weighted by Crippen LogP contribution is 2.17. The zero-order valence-electron chi connectivity index (χ0n) is 9.16. The second kappa shape index (κ2) is 3.59. The molecule has 0 aliphatic heterocycles. The monoisotopic (exact) mass is 243 g/mol. The lowest BCUT2D eigenvalue weighted by molar-refractivity contribution is 0.475. The van der Waals surface area contributed by atoms with E-state index in [0.29, 0.717) is 5.65 Å². The van der Waals surface area contributed by atoms with Crippen LogP contribution in [0.2, 0.25) is 0 Å². The summed E-state index contributed by atoms with van der Waals surface area (Å²) in [5.41, 5.74) is 6.45. The van der Waals surface area contributed by atoms with E-state index in [2.05, 4.69) is 15.0 Å². The number of H-pyrrole nitrogens is 1. The third-order valence-corrected chi connectivity index (χ3v) is 2.55. The van der Waals surface area contributed by atoms with Crippen molar-refractivity contribution >= 4 is 17.1 Å². The van der Waals surface area contributed by atoms with Gasteiger partial charge in [-0.2, -0.15) is 4.98 Å². The van der Waals surface area contributed by atoms with Gasteiger partial charge < -0.3 is 10.8 Å². The van der Waals surface area contributed by atoms with E-state index in [-0.39, 0.29) is 22.8 Å². The van der Waals surface area contributed by atoms with E-state index in [1.165, 1.54) is 18.5 Å². The molecule has 0 atom stereocenters. The number of fused-ring (bicyclic) bond motifs is 1. The van der Waals surface area contributed by atoms with Crippen LogP contribution >= 0.6 is 0 Å². The third kappa shape index (κ3) is 1.49. The van der Waals surface area contributed by atoms with Crippen LogP contribution in [0.1, 0.15) is 0 Å². The van der Waals surface area contributed by atoms with Crippen molar-refractivity contribution in [3.63, 3.8) is 0 Å². The van der Waals surface area contributed by atoms with Crippen LogP contribution in [0.3, 0.4) is 0 Å². The molecule has 3 aromatic rings. The van der Waals surface area contributed by atoms with Gasteiger partial charge in [0.05, 0.1) is 0 Å². The van der Waals surface area contributed by atoms with Gasteiger partial charge >= 0.3 is 0 Å². The van der Waals surface area contributed by atoms with Crippen LogP contribution in [-0.4, -0.2) is 24.6 Å². The Balaban J connectivity index is 2.30. The number of aromatic amines is 1. The molecular weight excluding hydrogens is 234 g/mol. The minimum atomic E-state index is -0.380. The van der Waals surface area contributed by atoms with E-state index in [1.54, 1.807) is 16.7 Å². The van der Waals surface area contributed by atoms with Gasteiger partial charge in [0.25, 0.3) is 5.56 Å². The zero-order valence-corrected chi connectivity index (χ0v) is 9.16. The lowest BCUT2D eigenvalue weighted by atomic mass is 10.3. The van der Waals surface area contributed by atoms with Crippen LogP contribution in [-0.2, 0) is 0 Å². The topological polar surface area (TPSA) is 110 Å². The number of aromatic hydroxyl groups is 1. The van der Waals surface area contributed by atoms with Crippen molar-refractivity contribution in [2.75, 3.05) is 5.73 Å². The Morgan fingerprint density at radius 1 is 1.28 bits per heavy atom. The maximum atomic E-state index is 11.6. The first-order valence-corrected chi connectivity index (χ1v) is 5.17. The smallest absolute Gasteiger partial charge is 0.280 e. The van der Waals surface area contributed by atoms with Gasteiger partial charge in [-0.3, -0.25) is 14.3 Å². The van der Waals surface area contributed by atoms with Gasteiger partial charge in [-0.25, -0.2) is 4.98 Å². The Morgan fingerprint density at radius 3 is 2.72 bits per heavy atom. The molecule has 7 heteroatoms. The van der Waals surface area contributed by atoms with Gasteiger partial charge in [0, 0.05) is 5.69 Å². The summed E-state index contributed by atoms with van der Waals surface area (Å²) in [5, 5.41) is 9.24. The summed E-state index contributed by atoms with van der Waals surface area (Å²) in [6.45, 7) is 0. The quantitative estimate of drug-likeness (QED) is 0.573. The van der Waals surface area contributed by atoms with E-state index in [1.807, 2.05) is 0 Å². The second-order valence-corrected chi connectivity index (χ2v) is 3.75. The maximum Gasteiger partial charge on any atom is 0.280 e. The Hall–Kier alpha value is -2.83. The summed E-state index contributed by atoms with van der Waals surface area (Å²) in [5.74, 6) is 0.196. The SMILES string of the molecule is Nc1nc2c(ncn2-c2ccc(O)cc2)c(=O)[nH]1. The van der Waals surface area contributed by atoms with Crippen molar-refractivity contribution < 1.29 is 5.11 Å². The number of nitrogens with zero attached hydrogens (tertiary/aromatic N) is 3. The standard InChI is InChI=1S/C11H9N5O2/c12-11-14-9-8(10(18)15-11)13-5-16(9)6-1-3-7(17)4-2-6/h1-5,17H,(H3,12,14,15,18). The molecule has 0 radical (unpaired) electrons. The molecule has 0 spiro atoms. The number of phenolic OH excluding ortho intramolecular Hbond substituents is 1. The number of aromatic nitrogens is 4. The minimum absolute atomic E-state index is 0.0352. The molecule has 0 unspecified atom stereocenters. The van der Waals surface area contributed by atoms with E-state index in [0.717, 1.165) is 5.69 Å². The second-order valence-electron chi connectivity index (χ2n) is 3.75. The molecule has 1 aromatic carbocycles. The van der Waals surface area contributed by atoms with Crippen molar-refractivity contribution in [1.29, 1.82) is 0 Å². The fraction of sp³-hybridized carbons (Fsp3) is 0. The molecule has 18 heavy (non-hydrogen) atoms. The molecular formula is C11H9N5O2. The normalized spacial score (nSPS) is 10.9. The number of hydrogen-bond donors (Lipinski definition) is 3. The highest BCUT2D eigenvalue weighted by atomic mass is 16.3. The Labute approximate surface area is 101 Å². The van der Waals surface area contributed by atoms with Crippen molar-refractivity contribution in [2.45, 2.75) is 0 Å². The number of imidazole rings is 1. The average molecular weight is 243 g/mol. The molecule has 2 heterocycles. The molecule has 3 rings (SSSR count). The van der Waals surface area contributed by atoms with Crippen LogP contribution in [0.25, 0.3) is 16.9 Å². The lowest BCUT2D eigenvalue weighted by Gasteiger charge is -2.03. The summed E-state index contributed by atoms with van der Waals surface area (Å²) < 4.78 is 1.63. The highest BCUT2D eigenvalue weighted by molar-refractivity contribution is 5.72. The van der Waals surface area contributed by atoms with E-state index < -0.39 is 0 Å². The number of rotatable bonds is 1. The van der Waals surface area contributed by atoms with Crippen LogP contribution < -0.4 is 11.3 Å². The van der Waals surface area contributed by atoms with Crippen molar-refractivity contribution in [3.05, 3.63) is 40.9 Å². The number of nitrogens with two attached hydrogens (primary N) is 1. The van der Waals surface area contributed by atoms with E-state index in [9.17, 15) is 9.90 Å². The molecule has 0 aliphatic rings.